The highest BCUT2D eigenvalue weighted by atomic mass is 17.1. The van der Waals surface area contributed by atoms with Crippen LogP contribution in [0.4, 0.5) is 0 Å². The highest BCUT2D eigenvalue weighted by Gasteiger charge is 1.57. The van der Waals surface area contributed by atoms with Crippen LogP contribution in [0.25, 0.3) is 0 Å². The van der Waals surface area contributed by atoms with Crippen LogP contribution in [-0.2, 0) is 9.78 Å². The van der Waals surface area contributed by atoms with Gasteiger partial charge in [0.2, 0.25) is 12.2 Å². The minimum Gasteiger partial charge on any atom is -0.282 e. The van der Waals surface area contributed by atoms with Crippen LogP contribution in [0.15, 0.2) is 0 Å². The summed E-state index contributed by atoms with van der Waals surface area (Å²) in [4.78, 5) is 6.27. The molecule has 0 radical (unpaired) electrons. The molecule has 0 heterocycles. The van der Waals surface area contributed by atoms with Crippen molar-refractivity contribution in [1.29, 1.82) is 0 Å². The first kappa shape index (κ1) is 15.7. The van der Waals surface area contributed by atoms with Gasteiger partial charge in [-0.05, 0) is 0 Å². The fraction of sp³-hybridized carbons (Fsp3) is 0.500. The molecular weight excluding hydrogens is 112 g/mol. The molecule has 0 fully saturated rings. The summed E-state index contributed by atoms with van der Waals surface area (Å²) < 4.78 is 0. The van der Waals surface area contributed by atoms with Crippen LogP contribution in [0.2, 0.25) is 0 Å². The monoisotopic (exact) mass is 122 g/mol. The van der Waals surface area contributed by atoms with Crippen molar-refractivity contribution in [3.8, 4) is 12.2 Å². The van der Waals surface area contributed by atoms with Gasteiger partial charge in [-0.15, -0.1) is 0 Å². The topological polar surface area (TPSA) is 58.9 Å². The highest BCUT2D eigenvalue weighted by molar-refractivity contribution is 4.76. The molecule has 50 valence electrons. The van der Waals surface area contributed by atoms with E-state index >= 15 is 0 Å². The molecule has 0 aromatic heterocycles. The zero-order valence-corrected chi connectivity index (χ0v) is 2.71. The van der Waals surface area contributed by atoms with Gasteiger partial charge < -0.3 is 0 Å². The summed E-state index contributed by atoms with van der Waals surface area (Å²) >= 11 is 0. The first-order valence-electron chi connectivity index (χ1n) is 1.02. The SMILES string of the molecule is C.C.OOC#COO. The Morgan fingerprint density at radius 2 is 1.12 bits per heavy atom. The second-order valence-electron chi connectivity index (χ2n) is 0.387. The van der Waals surface area contributed by atoms with Crippen molar-refractivity contribution in [2.45, 2.75) is 14.9 Å². The summed E-state index contributed by atoms with van der Waals surface area (Å²) in [5, 5.41) is 14.7. The van der Waals surface area contributed by atoms with E-state index in [2.05, 4.69) is 9.78 Å². The molecule has 0 atom stereocenters. The molecule has 0 aliphatic rings. The second-order valence-corrected chi connectivity index (χ2v) is 0.387. The number of hydrogen-bond acceptors (Lipinski definition) is 4. The Morgan fingerprint density at radius 1 is 0.875 bits per heavy atom. The zero-order chi connectivity index (χ0) is 4.83. The molecule has 0 aliphatic carbocycles. The second kappa shape index (κ2) is 16.5. The molecule has 0 spiro atoms. The Labute approximate surface area is 48.5 Å². The highest BCUT2D eigenvalue weighted by Crippen LogP contribution is 1.53. The Kier molecular flexibility index (Phi) is 32.5. The first-order valence-corrected chi connectivity index (χ1v) is 1.02. The van der Waals surface area contributed by atoms with E-state index in [4.69, 9.17) is 10.5 Å². The maximum atomic E-state index is 7.33. The van der Waals surface area contributed by atoms with Crippen LogP contribution in [0, 0.1) is 12.2 Å². The van der Waals surface area contributed by atoms with Gasteiger partial charge >= 0.3 is 0 Å². The van der Waals surface area contributed by atoms with Gasteiger partial charge in [0.15, 0.2) is 0 Å². The largest absolute Gasteiger partial charge is 0.282 e. The van der Waals surface area contributed by atoms with E-state index in [0.717, 1.165) is 0 Å². The van der Waals surface area contributed by atoms with Gasteiger partial charge in [0.25, 0.3) is 0 Å². The first-order chi connectivity index (χ1) is 2.91. The maximum Gasteiger partial charge on any atom is 0.204 e. The maximum absolute atomic E-state index is 7.33. The molecule has 0 unspecified atom stereocenters. The lowest BCUT2D eigenvalue weighted by Crippen LogP contribution is -1.68. The van der Waals surface area contributed by atoms with Crippen LogP contribution in [0.1, 0.15) is 14.9 Å². The van der Waals surface area contributed by atoms with Gasteiger partial charge in [0.05, 0.1) is 0 Å². The third-order valence-corrected chi connectivity index (χ3v) is 0.133. The van der Waals surface area contributed by atoms with E-state index in [0.29, 0.717) is 0 Å². The van der Waals surface area contributed by atoms with Crippen molar-refractivity contribution in [3.05, 3.63) is 0 Å². The standard InChI is InChI=1S/C2H2O4.2CH4/c3-5-1-2-6-4;;/h3-4H;2*1H4. The predicted molar refractivity (Wildman–Crippen MR) is 28.7 cm³/mol. The van der Waals surface area contributed by atoms with Crippen molar-refractivity contribution < 1.29 is 20.3 Å². The Hall–Kier alpha value is -0.920. The quantitative estimate of drug-likeness (QED) is 0.287. The lowest BCUT2D eigenvalue weighted by Gasteiger charge is -1.70. The van der Waals surface area contributed by atoms with Crippen molar-refractivity contribution in [2.24, 2.45) is 0 Å². The Bertz CT molecular complexity index is 61.8. The van der Waals surface area contributed by atoms with Crippen LogP contribution in [0.3, 0.4) is 0 Å². The van der Waals surface area contributed by atoms with Crippen molar-refractivity contribution in [3.63, 3.8) is 0 Å². The van der Waals surface area contributed by atoms with E-state index in [-0.39, 0.29) is 14.9 Å². The van der Waals surface area contributed by atoms with Gasteiger partial charge in [-0.25, -0.2) is 0 Å². The molecule has 8 heavy (non-hydrogen) atoms. The average Bonchev–Trinajstić information content (AvgIpc) is 1.61. The molecule has 0 amide bonds. The molecule has 4 nitrogen and oxygen atoms in total. The van der Waals surface area contributed by atoms with Crippen molar-refractivity contribution in [1.82, 2.24) is 0 Å². The minimum atomic E-state index is 0. The van der Waals surface area contributed by atoms with E-state index in [9.17, 15) is 0 Å². The molecule has 0 aromatic rings. The fourth-order valence-corrected chi connectivity index (χ4v) is 0.0373. The summed E-state index contributed by atoms with van der Waals surface area (Å²) in [6, 6.07) is 0. The summed E-state index contributed by atoms with van der Waals surface area (Å²) in [5.41, 5.74) is 0. The molecule has 2 N–H and O–H groups in total. The van der Waals surface area contributed by atoms with Crippen LogP contribution >= 0.6 is 0 Å². The fourth-order valence-electron chi connectivity index (χ4n) is 0.0373. The molecule has 0 aromatic carbocycles. The molecule has 0 rings (SSSR count). The average molecular weight is 122 g/mol. The predicted octanol–water partition coefficient (Wildman–Crippen LogP) is 1.16. The third-order valence-electron chi connectivity index (χ3n) is 0.133. The van der Waals surface area contributed by atoms with Crippen LogP contribution in [0.5, 0.6) is 0 Å². The van der Waals surface area contributed by atoms with Gasteiger partial charge in [0, 0.05) is 0 Å². The minimum absolute atomic E-state index is 0. The zero-order valence-electron chi connectivity index (χ0n) is 2.71. The molecule has 0 saturated heterocycles. The van der Waals surface area contributed by atoms with Gasteiger partial charge in [-0.3, -0.25) is 9.78 Å². The van der Waals surface area contributed by atoms with E-state index in [1.165, 1.54) is 12.2 Å². The van der Waals surface area contributed by atoms with Gasteiger partial charge in [-0.2, -0.15) is 10.5 Å². The lowest BCUT2D eigenvalue weighted by molar-refractivity contribution is -0.188. The lowest BCUT2D eigenvalue weighted by atomic mass is 11.2. The van der Waals surface area contributed by atoms with Gasteiger partial charge in [-0.1, -0.05) is 14.9 Å². The van der Waals surface area contributed by atoms with E-state index in [1.54, 1.807) is 0 Å². The smallest absolute Gasteiger partial charge is 0.204 e. The molecule has 0 bridgehead atoms. The third kappa shape index (κ3) is 19.5. The summed E-state index contributed by atoms with van der Waals surface area (Å²) in [6.45, 7) is 0. The van der Waals surface area contributed by atoms with E-state index in [1.807, 2.05) is 0 Å². The molecule has 0 aliphatic heterocycles. The number of hydrogen-bond donors (Lipinski definition) is 2. The molecule has 4 heteroatoms. The Morgan fingerprint density at radius 3 is 1.25 bits per heavy atom. The number of rotatable bonds is 0. The molecule has 0 saturated carbocycles. The molecular formula is C4H10O4. The van der Waals surface area contributed by atoms with Gasteiger partial charge in [0.1, 0.15) is 0 Å². The normalized spacial score (nSPS) is 3.75. The van der Waals surface area contributed by atoms with Crippen LogP contribution < -0.4 is 0 Å². The van der Waals surface area contributed by atoms with E-state index < -0.39 is 0 Å². The van der Waals surface area contributed by atoms with Crippen LogP contribution in [-0.4, -0.2) is 10.5 Å². The summed E-state index contributed by atoms with van der Waals surface area (Å²) in [5.74, 6) is 0. The Balaban J connectivity index is -0.000000125. The van der Waals surface area contributed by atoms with Crippen molar-refractivity contribution in [2.75, 3.05) is 0 Å². The summed E-state index contributed by atoms with van der Waals surface area (Å²) in [7, 11) is 0. The summed E-state index contributed by atoms with van der Waals surface area (Å²) in [6.07, 6.45) is 3.06. The van der Waals surface area contributed by atoms with Crippen molar-refractivity contribution >= 4 is 0 Å².